The fourth-order valence-electron chi connectivity index (χ4n) is 8.44. The smallest absolute Gasteiger partial charge is 0.343 e. The molecule has 1 aromatic heterocycles. The van der Waals surface area contributed by atoms with Crippen LogP contribution in [0.4, 0.5) is 0 Å². The van der Waals surface area contributed by atoms with E-state index in [9.17, 15) is 24.0 Å². The van der Waals surface area contributed by atoms with Crippen LogP contribution < -0.4 is 0 Å². The molecule has 1 N–H and O–H groups in total. The number of Topliss-reactive ketones (excluding diaryl/α,β-unsaturated/α-hetero) is 1. The first-order valence-electron chi connectivity index (χ1n) is 13.5. The molecule has 0 aromatic carbocycles. The fourth-order valence-corrected chi connectivity index (χ4v) is 8.44. The summed E-state index contributed by atoms with van der Waals surface area (Å²) in [5.74, 6) is -2.80. The number of esters is 2. The predicted molar refractivity (Wildman–Crippen MR) is 138 cm³/mol. The SMILES string of the molecule is CC(C)C1=CC23CCC4C(C)(C=CCC4(C)C(=O)c4n[nH]c5c4C(=O)C=CC5=O)C2=CC1=C1C(=O)OC(=O)C13. The summed E-state index contributed by atoms with van der Waals surface area (Å²) in [5, 5.41) is 6.80. The zero-order valence-electron chi connectivity index (χ0n) is 22.2. The van der Waals surface area contributed by atoms with E-state index in [2.05, 4.69) is 49.2 Å². The van der Waals surface area contributed by atoms with Gasteiger partial charge in [0.25, 0.3) is 0 Å². The predicted octanol–water partition coefficient (Wildman–Crippen LogP) is 4.43. The van der Waals surface area contributed by atoms with Crippen molar-refractivity contribution >= 4 is 29.3 Å². The van der Waals surface area contributed by atoms with Gasteiger partial charge in [-0.15, -0.1) is 0 Å². The monoisotopic (exact) mass is 524 g/mol. The molecule has 39 heavy (non-hydrogen) atoms. The number of ketones is 3. The van der Waals surface area contributed by atoms with Crippen LogP contribution in [0.1, 0.15) is 78.3 Å². The Balaban J connectivity index is 1.36. The van der Waals surface area contributed by atoms with E-state index in [0.29, 0.717) is 24.8 Å². The van der Waals surface area contributed by atoms with Gasteiger partial charge in [0.1, 0.15) is 17.3 Å². The minimum Gasteiger partial charge on any atom is -0.389 e. The molecule has 6 aliphatic carbocycles. The van der Waals surface area contributed by atoms with Crippen LogP contribution in [0.25, 0.3) is 0 Å². The second kappa shape index (κ2) is 7.37. The van der Waals surface area contributed by atoms with Gasteiger partial charge in [-0.1, -0.05) is 52.0 Å². The molecule has 0 radical (unpaired) electrons. The van der Waals surface area contributed by atoms with Gasteiger partial charge in [-0.3, -0.25) is 24.3 Å². The molecule has 7 aliphatic rings. The third-order valence-corrected chi connectivity index (χ3v) is 10.2. The molecule has 1 saturated heterocycles. The number of aromatic amines is 1. The number of fused-ring (bicyclic) bond motifs is 2. The summed E-state index contributed by atoms with van der Waals surface area (Å²) in [6.07, 6.45) is 12.4. The van der Waals surface area contributed by atoms with Crippen molar-refractivity contribution in [3.8, 4) is 0 Å². The molecule has 5 atom stereocenters. The Morgan fingerprint density at radius 3 is 2.62 bits per heavy atom. The molecule has 1 saturated carbocycles. The topological polar surface area (TPSA) is 123 Å². The molecule has 8 rings (SSSR count). The van der Waals surface area contributed by atoms with Crippen LogP contribution in [-0.4, -0.2) is 39.5 Å². The highest BCUT2D eigenvalue weighted by Gasteiger charge is 2.67. The highest BCUT2D eigenvalue weighted by molar-refractivity contribution is 6.25. The summed E-state index contributed by atoms with van der Waals surface area (Å²) >= 11 is 0. The van der Waals surface area contributed by atoms with Gasteiger partial charge < -0.3 is 4.74 Å². The minimum atomic E-state index is -0.913. The van der Waals surface area contributed by atoms with Gasteiger partial charge in [-0.2, -0.15) is 5.10 Å². The molecule has 2 bridgehead atoms. The third kappa shape index (κ3) is 2.74. The molecule has 8 nitrogen and oxygen atoms in total. The van der Waals surface area contributed by atoms with Crippen molar-refractivity contribution in [2.45, 2.75) is 47.0 Å². The van der Waals surface area contributed by atoms with Crippen LogP contribution in [0, 0.1) is 34.0 Å². The summed E-state index contributed by atoms with van der Waals surface area (Å²) in [7, 11) is 0. The van der Waals surface area contributed by atoms with Crippen molar-refractivity contribution in [2.75, 3.05) is 0 Å². The molecule has 2 heterocycles. The van der Waals surface area contributed by atoms with Crippen molar-refractivity contribution in [2.24, 2.45) is 34.0 Å². The average Bonchev–Trinajstić information content (AvgIpc) is 3.48. The Bertz CT molecular complexity index is 1630. The van der Waals surface area contributed by atoms with E-state index in [1.54, 1.807) is 0 Å². The largest absolute Gasteiger partial charge is 0.389 e. The lowest BCUT2D eigenvalue weighted by atomic mass is 9.41. The van der Waals surface area contributed by atoms with Crippen LogP contribution >= 0.6 is 0 Å². The third-order valence-electron chi connectivity index (χ3n) is 10.2. The van der Waals surface area contributed by atoms with Gasteiger partial charge in [0.15, 0.2) is 11.6 Å². The van der Waals surface area contributed by atoms with Crippen LogP contribution in [0.2, 0.25) is 0 Å². The van der Waals surface area contributed by atoms with Gasteiger partial charge in [0.2, 0.25) is 5.78 Å². The number of hydrogen-bond acceptors (Lipinski definition) is 7. The van der Waals surface area contributed by atoms with Crippen LogP contribution in [-0.2, 0) is 14.3 Å². The molecular formula is C31H28N2O6. The summed E-state index contributed by atoms with van der Waals surface area (Å²) in [6, 6.07) is 0. The van der Waals surface area contributed by atoms with E-state index < -0.39 is 39.9 Å². The Labute approximate surface area is 224 Å². The lowest BCUT2D eigenvalue weighted by molar-refractivity contribution is -0.153. The Hall–Kier alpha value is -3.94. The number of allylic oxidation sites excluding steroid dienone is 9. The minimum absolute atomic E-state index is 0.00392. The van der Waals surface area contributed by atoms with Gasteiger partial charge in [0.05, 0.1) is 11.1 Å². The lowest BCUT2D eigenvalue weighted by Gasteiger charge is -2.61. The number of ether oxygens (including phenoxy) is 1. The molecule has 1 aliphatic heterocycles. The number of carbonyl (C=O) groups is 5. The highest BCUT2D eigenvalue weighted by atomic mass is 16.6. The van der Waals surface area contributed by atoms with Gasteiger partial charge in [-0.25, -0.2) is 4.79 Å². The second-order valence-corrected chi connectivity index (χ2v) is 12.4. The number of cyclic esters (lactones) is 2. The maximum atomic E-state index is 14.3. The summed E-state index contributed by atoms with van der Waals surface area (Å²) in [5.41, 5.74) is 1.20. The first-order valence-corrected chi connectivity index (χ1v) is 13.5. The fraction of sp³-hybridized carbons (Fsp3) is 0.419. The van der Waals surface area contributed by atoms with Crippen LogP contribution in [0.3, 0.4) is 0 Å². The van der Waals surface area contributed by atoms with E-state index in [0.717, 1.165) is 16.7 Å². The standard InChI is InChI=1S/C31H28N2O6/c1-14(2)16-13-31-11-8-19-29(3,20(31)12-15(16)21-23(31)28(38)39-27(21)37)9-5-10-30(19,4)26(36)25-22-17(34)6-7-18(35)24(22)32-33-25/h5-7,9,12-14,19,23H,8,10-11H2,1-4H3,(H,32,33). The molecular weight excluding hydrogens is 496 g/mol. The number of H-pyrrole nitrogens is 1. The number of nitrogens with one attached hydrogen (secondary N) is 1. The van der Waals surface area contributed by atoms with Crippen LogP contribution in [0.15, 0.2) is 58.7 Å². The zero-order valence-corrected chi connectivity index (χ0v) is 22.2. The maximum Gasteiger partial charge on any atom is 0.343 e. The van der Waals surface area contributed by atoms with Crippen molar-refractivity contribution < 1.29 is 28.7 Å². The normalized spacial score (nSPS) is 35.9. The molecule has 1 spiro atoms. The van der Waals surface area contributed by atoms with E-state index in [-0.39, 0.29) is 40.4 Å². The Kier molecular flexibility index (Phi) is 4.56. The van der Waals surface area contributed by atoms with Gasteiger partial charge in [0, 0.05) is 16.2 Å². The summed E-state index contributed by atoms with van der Waals surface area (Å²) < 4.78 is 5.18. The van der Waals surface area contributed by atoms with Crippen molar-refractivity contribution in [1.29, 1.82) is 0 Å². The zero-order chi connectivity index (χ0) is 27.6. The average molecular weight is 525 g/mol. The number of hydrogen-bond donors (Lipinski definition) is 1. The molecule has 5 unspecified atom stereocenters. The van der Waals surface area contributed by atoms with E-state index in [1.165, 1.54) is 12.2 Å². The van der Waals surface area contributed by atoms with E-state index in [1.807, 2.05) is 13.0 Å². The number of nitrogens with zero attached hydrogens (tertiary/aromatic N) is 1. The van der Waals surface area contributed by atoms with Gasteiger partial charge >= 0.3 is 11.9 Å². The second-order valence-electron chi connectivity index (χ2n) is 12.4. The van der Waals surface area contributed by atoms with Crippen molar-refractivity contribution in [3.63, 3.8) is 0 Å². The van der Waals surface area contributed by atoms with Crippen LogP contribution in [0.5, 0.6) is 0 Å². The molecule has 8 heteroatoms. The Morgan fingerprint density at radius 1 is 1.13 bits per heavy atom. The molecule has 198 valence electrons. The quantitative estimate of drug-likeness (QED) is 0.269. The summed E-state index contributed by atoms with van der Waals surface area (Å²) in [6.45, 7) is 8.18. The first-order chi connectivity index (χ1) is 18.4. The Morgan fingerprint density at radius 2 is 1.87 bits per heavy atom. The molecule has 2 fully saturated rings. The maximum absolute atomic E-state index is 14.3. The summed E-state index contributed by atoms with van der Waals surface area (Å²) in [4.78, 5) is 65.2. The number of aromatic nitrogens is 2. The van der Waals surface area contributed by atoms with Gasteiger partial charge in [-0.05, 0) is 60.0 Å². The van der Waals surface area contributed by atoms with E-state index in [4.69, 9.17) is 4.74 Å². The number of carbonyl (C=O) groups excluding carboxylic acids is 5. The number of rotatable bonds is 3. The highest BCUT2D eigenvalue weighted by Crippen LogP contribution is 2.70. The first kappa shape index (κ1) is 24.1. The van der Waals surface area contributed by atoms with Crippen molar-refractivity contribution in [1.82, 2.24) is 10.2 Å². The molecule has 1 aromatic rings. The molecule has 0 amide bonds. The van der Waals surface area contributed by atoms with E-state index >= 15 is 0 Å². The van der Waals surface area contributed by atoms with Crippen molar-refractivity contribution in [3.05, 3.63) is 75.7 Å². The lowest BCUT2D eigenvalue weighted by Crippen LogP contribution is -2.56.